The number of benzene rings is 2. The summed E-state index contributed by atoms with van der Waals surface area (Å²) in [5, 5.41) is 11.1. The molecule has 3 aromatic rings. The molecular weight excluding hydrogens is 376 g/mol. The highest BCUT2D eigenvalue weighted by Crippen LogP contribution is 2.18. The molecule has 2 N–H and O–H groups in total. The largest absolute Gasteiger partial charge is 0.497 e. The number of hydrogen-bond donors (Lipinski definition) is 2. The quantitative estimate of drug-likeness (QED) is 0.605. The van der Waals surface area contributed by atoms with Gasteiger partial charge in [-0.2, -0.15) is 0 Å². The van der Waals surface area contributed by atoms with Crippen LogP contribution in [0.1, 0.15) is 11.1 Å². The van der Waals surface area contributed by atoms with Gasteiger partial charge < -0.3 is 10.1 Å². The van der Waals surface area contributed by atoms with Gasteiger partial charge in [0, 0.05) is 6.54 Å². The minimum atomic E-state index is -3.70. The second-order valence-electron chi connectivity index (χ2n) is 6.20. The first kappa shape index (κ1) is 19.6. The van der Waals surface area contributed by atoms with Gasteiger partial charge in [-0.3, -0.25) is 4.72 Å². The van der Waals surface area contributed by atoms with Gasteiger partial charge in [0.2, 0.25) is 0 Å². The predicted molar refractivity (Wildman–Crippen MR) is 109 cm³/mol. The molecule has 28 heavy (non-hydrogen) atoms. The van der Waals surface area contributed by atoms with Gasteiger partial charge in [0.1, 0.15) is 11.6 Å². The molecule has 0 saturated carbocycles. The van der Waals surface area contributed by atoms with Gasteiger partial charge in [-0.15, -0.1) is 10.2 Å². The van der Waals surface area contributed by atoms with E-state index in [1.165, 1.54) is 5.56 Å². The Hall–Kier alpha value is -3.13. The molecular formula is C20H22N4O3S. The van der Waals surface area contributed by atoms with Crippen LogP contribution in [0.4, 0.5) is 11.6 Å². The Kier molecular flexibility index (Phi) is 6.10. The van der Waals surface area contributed by atoms with E-state index in [4.69, 9.17) is 4.74 Å². The highest BCUT2D eigenvalue weighted by atomic mass is 32.2. The first-order chi connectivity index (χ1) is 13.5. The third-order valence-electron chi connectivity index (χ3n) is 4.17. The van der Waals surface area contributed by atoms with Crippen LogP contribution in [0.25, 0.3) is 0 Å². The SMILES string of the molecule is COc1ccc(CCNc2ccc(NS(=O)(=O)c3ccccc3C)nn2)cc1. The van der Waals surface area contributed by atoms with Crippen molar-refractivity contribution in [2.24, 2.45) is 0 Å². The van der Waals surface area contributed by atoms with Crippen molar-refractivity contribution in [2.75, 3.05) is 23.7 Å². The molecule has 0 unspecified atom stereocenters. The number of aryl methyl sites for hydroxylation is 1. The topological polar surface area (TPSA) is 93.2 Å². The Morgan fingerprint density at radius 3 is 2.25 bits per heavy atom. The summed E-state index contributed by atoms with van der Waals surface area (Å²) in [5.41, 5.74) is 1.84. The Balaban J connectivity index is 1.56. The molecule has 1 heterocycles. The lowest BCUT2D eigenvalue weighted by Gasteiger charge is -2.10. The lowest BCUT2D eigenvalue weighted by atomic mass is 10.1. The average Bonchev–Trinajstić information content (AvgIpc) is 2.70. The maximum Gasteiger partial charge on any atom is 0.263 e. The minimum absolute atomic E-state index is 0.170. The molecule has 0 atom stereocenters. The summed E-state index contributed by atoms with van der Waals surface area (Å²) in [6.07, 6.45) is 0.813. The van der Waals surface area contributed by atoms with Gasteiger partial charge in [0.05, 0.1) is 12.0 Å². The van der Waals surface area contributed by atoms with Crippen LogP contribution in [0.2, 0.25) is 0 Å². The van der Waals surface area contributed by atoms with Crippen LogP contribution in [0, 0.1) is 6.92 Å². The summed E-state index contributed by atoms with van der Waals surface area (Å²) in [4.78, 5) is 0.221. The Labute approximate surface area is 164 Å². The van der Waals surface area contributed by atoms with Crippen molar-refractivity contribution in [3.8, 4) is 5.75 Å². The van der Waals surface area contributed by atoms with Crippen molar-refractivity contribution in [3.63, 3.8) is 0 Å². The first-order valence-corrected chi connectivity index (χ1v) is 10.3. The molecule has 0 amide bonds. The maximum atomic E-state index is 12.5. The molecule has 0 radical (unpaired) electrons. The molecule has 3 rings (SSSR count). The van der Waals surface area contributed by atoms with E-state index in [0.717, 1.165) is 12.2 Å². The van der Waals surface area contributed by atoms with Crippen LogP contribution in [-0.2, 0) is 16.4 Å². The van der Waals surface area contributed by atoms with Crippen LogP contribution >= 0.6 is 0 Å². The van der Waals surface area contributed by atoms with Crippen LogP contribution in [0.5, 0.6) is 5.75 Å². The maximum absolute atomic E-state index is 12.5. The van der Waals surface area contributed by atoms with E-state index in [2.05, 4.69) is 20.2 Å². The molecule has 1 aromatic heterocycles. The van der Waals surface area contributed by atoms with Crippen molar-refractivity contribution >= 4 is 21.7 Å². The molecule has 0 spiro atoms. The van der Waals surface area contributed by atoms with Gasteiger partial charge in [-0.1, -0.05) is 30.3 Å². The molecule has 8 heteroatoms. The lowest BCUT2D eigenvalue weighted by molar-refractivity contribution is 0.414. The van der Waals surface area contributed by atoms with Crippen LogP contribution in [-0.4, -0.2) is 32.3 Å². The van der Waals surface area contributed by atoms with Crippen LogP contribution < -0.4 is 14.8 Å². The normalized spacial score (nSPS) is 11.1. The Bertz CT molecular complexity index is 1020. The van der Waals surface area contributed by atoms with E-state index in [-0.39, 0.29) is 10.7 Å². The van der Waals surface area contributed by atoms with E-state index < -0.39 is 10.0 Å². The van der Waals surface area contributed by atoms with E-state index in [1.807, 2.05) is 24.3 Å². The number of ether oxygens (including phenoxy) is 1. The summed E-state index contributed by atoms with van der Waals surface area (Å²) >= 11 is 0. The summed E-state index contributed by atoms with van der Waals surface area (Å²) < 4.78 is 32.6. The average molecular weight is 398 g/mol. The second kappa shape index (κ2) is 8.71. The fraction of sp³-hybridized carbons (Fsp3) is 0.200. The number of nitrogens with zero attached hydrogens (tertiary/aromatic N) is 2. The van der Waals surface area contributed by atoms with E-state index in [1.54, 1.807) is 50.4 Å². The first-order valence-electron chi connectivity index (χ1n) is 8.77. The van der Waals surface area contributed by atoms with Gasteiger partial charge in [-0.05, 0) is 54.8 Å². The van der Waals surface area contributed by atoms with Gasteiger partial charge in [0.25, 0.3) is 10.0 Å². The molecule has 0 aliphatic rings. The van der Waals surface area contributed by atoms with Crippen molar-refractivity contribution in [2.45, 2.75) is 18.2 Å². The van der Waals surface area contributed by atoms with E-state index in [9.17, 15) is 8.42 Å². The van der Waals surface area contributed by atoms with E-state index >= 15 is 0 Å². The molecule has 0 saturated heterocycles. The predicted octanol–water partition coefficient (Wildman–Crippen LogP) is 3.25. The molecule has 0 aliphatic heterocycles. The fourth-order valence-corrected chi connectivity index (χ4v) is 3.90. The van der Waals surface area contributed by atoms with Crippen molar-refractivity contribution in [1.29, 1.82) is 0 Å². The standard InChI is InChI=1S/C20H22N4O3S/c1-15-5-3-4-6-18(15)28(25,26)24-20-12-11-19(22-23-20)21-14-13-16-7-9-17(27-2)10-8-16/h3-12H,13-14H2,1-2H3,(H,21,22)(H,23,24). The molecule has 2 aromatic carbocycles. The van der Waals surface area contributed by atoms with Crippen LogP contribution in [0.3, 0.4) is 0 Å². The third kappa shape index (κ3) is 4.98. The molecule has 146 valence electrons. The smallest absolute Gasteiger partial charge is 0.263 e. The number of methoxy groups -OCH3 is 1. The number of aromatic nitrogens is 2. The lowest BCUT2D eigenvalue weighted by Crippen LogP contribution is -2.16. The third-order valence-corrected chi connectivity index (χ3v) is 5.68. The summed E-state index contributed by atoms with van der Waals surface area (Å²) in [6, 6.07) is 17.9. The fourth-order valence-electron chi connectivity index (χ4n) is 2.66. The number of rotatable bonds is 8. The summed E-state index contributed by atoms with van der Waals surface area (Å²) in [6.45, 7) is 2.42. The van der Waals surface area contributed by atoms with Crippen molar-refractivity contribution in [3.05, 3.63) is 71.8 Å². The van der Waals surface area contributed by atoms with Crippen molar-refractivity contribution < 1.29 is 13.2 Å². The molecule has 0 bridgehead atoms. The van der Waals surface area contributed by atoms with Gasteiger partial charge in [-0.25, -0.2) is 8.42 Å². The highest BCUT2D eigenvalue weighted by Gasteiger charge is 2.17. The zero-order valence-electron chi connectivity index (χ0n) is 15.7. The van der Waals surface area contributed by atoms with Crippen molar-refractivity contribution in [1.82, 2.24) is 10.2 Å². The highest BCUT2D eigenvalue weighted by molar-refractivity contribution is 7.92. The molecule has 7 nitrogen and oxygen atoms in total. The zero-order chi connectivity index (χ0) is 20.0. The van der Waals surface area contributed by atoms with Gasteiger partial charge in [0.15, 0.2) is 5.82 Å². The van der Waals surface area contributed by atoms with Crippen LogP contribution in [0.15, 0.2) is 65.6 Å². The summed E-state index contributed by atoms with van der Waals surface area (Å²) in [5.74, 6) is 1.57. The minimum Gasteiger partial charge on any atom is -0.497 e. The number of nitrogens with one attached hydrogen (secondary N) is 2. The van der Waals surface area contributed by atoms with Gasteiger partial charge >= 0.3 is 0 Å². The molecule has 0 fully saturated rings. The van der Waals surface area contributed by atoms with E-state index in [0.29, 0.717) is 17.9 Å². The number of hydrogen-bond acceptors (Lipinski definition) is 6. The summed E-state index contributed by atoms with van der Waals surface area (Å²) in [7, 11) is -2.06. The zero-order valence-corrected chi connectivity index (χ0v) is 16.5. The monoisotopic (exact) mass is 398 g/mol. The number of anilines is 2. The Morgan fingerprint density at radius 1 is 0.929 bits per heavy atom. The Morgan fingerprint density at radius 2 is 1.61 bits per heavy atom. The second-order valence-corrected chi connectivity index (χ2v) is 7.85. The number of sulfonamides is 1. The molecule has 0 aliphatic carbocycles.